The van der Waals surface area contributed by atoms with Crippen LogP contribution in [-0.4, -0.2) is 31.6 Å². The van der Waals surface area contributed by atoms with Crippen molar-refractivity contribution in [1.82, 2.24) is 0 Å². The number of carbonyl (C=O) groups is 2. The zero-order chi connectivity index (χ0) is 19.0. The fraction of sp³-hybridized carbons (Fsp3) is 0.143. The quantitative estimate of drug-likeness (QED) is 0.625. The Hall–Kier alpha value is -3.54. The second-order valence-electron chi connectivity index (χ2n) is 5.95. The molecule has 0 aromatic heterocycles. The van der Waals surface area contributed by atoms with E-state index in [1.165, 1.54) is 12.1 Å². The summed E-state index contributed by atoms with van der Waals surface area (Å²) in [5, 5.41) is 0. The molecule has 0 atom stereocenters. The maximum absolute atomic E-state index is 13.0. The highest BCUT2D eigenvalue weighted by Gasteiger charge is 2.34. The number of hydrogen-bond donors (Lipinski definition) is 0. The molecule has 6 nitrogen and oxygen atoms in total. The van der Waals surface area contributed by atoms with Crippen LogP contribution in [0.3, 0.4) is 0 Å². The Labute approximate surface area is 155 Å². The molecule has 0 amide bonds. The SMILES string of the molecule is C=CCOc1cc2c(cc1OCC=C)C(=O)c1cc3c(cc1C2=O)OCO3. The van der Waals surface area contributed by atoms with Gasteiger partial charge in [-0.3, -0.25) is 9.59 Å². The third kappa shape index (κ3) is 2.75. The number of ether oxygens (including phenoxy) is 4. The molecule has 1 aliphatic heterocycles. The molecular formula is C21H16O6. The van der Waals surface area contributed by atoms with Crippen molar-refractivity contribution in [2.24, 2.45) is 0 Å². The molecule has 27 heavy (non-hydrogen) atoms. The molecule has 1 aliphatic carbocycles. The molecule has 2 aliphatic rings. The van der Waals surface area contributed by atoms with E-state index in [1.807, 2.05) is 0 Å². The predicted octanol–water partition coefficient (Wildman–Crippen LogP) is 3.32. The van der Waals surface area contributed by atoms with E-state index in [1.54, 1.807) is 24.3 Å². The summed E-state index contributed by atoms with van der Waals surface area (Å²) in [6, 6.07) is 6.16. The Morgan fingerprint density at radius 3 is 1.59 bits per heavy atom. The molecular weight excluding hydrogens is 348 g/mol. The van der Waals surface area contributed by atoms with Gasteiger partial charge in [0, 0.05) is 22.3 Å². The molecule has 6 heteroatoms. The Morgan fingerprint density at radius 1 is 0.778 bits per heavy atom. The molecule has 0 radical (unpaired) electrons. The highest BCUT2D eigenvalue weighted by atomic mass is 16.7. The van der Waals surface area contributed by atoms with E-state index in [9.17, 15) is 9.59 Å². The van der Waals surface area contributed by atoms with E-state index in [0.29, 0.717) is 23.0 Å². The lowest BCUT2D eigenvalue weighted by Crippen LogP contribution is -2.21. The van der Waals surface area contributed by atoms with Crippen LogP contribution in [0.2, 0.25) is 0 Å². The van der Waals surface area contributed by atoms with Crippen molar-refractivity contribution >= 4 is 11.6 Å². The molecule has 4 rings (SSSR count). The fourth-order valence-electron chi connectivity index (χ4n) is 3.07. The highest BCUT2D eigenvalue weighted by Crippen LogP contribution is 2.41. The van der Waals surface area contributed by atoms with Gasteiger partial charge in [-0.1, -0.05) is 25.3 Å². The number of hydrogen-bond acceptors (Lipinski definition) is 6. The zero-order valence-electron chi connectivity index (χ0n) is 14.4. The third-order valence-electron chi connectivity index (χ3n) is 4.29. The second kappa shape index (κ2) is 6.64. The normalized spacial score (nSPS) is 13.6. The Bertz CT molecular complexity index is 911. The van der Waals surface area contributed by atoms with E-state index in [4.69, 9.17) is 18.9 Å². The van der Waals surface area contributed by atoms with Gasteiger partial charge in [0.1, 0.15) is 13.2 Å². The lowest BCUT2D eigenvalue weighted by Gasteiger charge is -2.20. The van der Waals surface area contributed by atoms with E-state index in [2.05, 4.69) is 13.2 Å². The van der Waals surface area contributed by atoms with Crippen LogP contribution in [0.25, 0.3) is 0 Å². The van der Waals surface area contributed by atoms with Crippen LogP contribution in [0.5, 0.6) is 23.0 Å². The number of rotatable bonds is 6. The molecule has 0 fully saturated rings. The summed E-state index contributed by atoms with van der Waals surface area (Å²) in [5.74, 6) is 1.06. The lowest BCUT2D eigenvalue weighted by molar-refractivity contribution is 0.0978. The first kappa shape index (κ1) is 16.9. The topological polar surface area (TPSA) is 71.1 Å². The van der Waals surface area contributed by atoms with Crippen LogP contribution in [-0.2, 0) is 0 Å². The molecule has 2 aromatic carbocycles. The largest absolute Gasteiger partial charge is 0.486 e. The molecule has 0 saturated carbocycles. The van der Waals surface area contributed by atoms with E-state index >= 15 is 0 Å². The fourth-order valence-corrected chi connectivity index (χ4v) is 3.07. The Morgan fingerprint density at radius 2 is 1.19 bits per heavy atom. The predicted molar refractivity (Wildman–Crippen MR) is 97.3 cm³/mol. The van der Waals surface area contributed by atoms with Gasteiger partial charge in [0.25, 0.3) is 0 Å². The van der Waals surface area contributed by atoms with Crippen molar-refractivity contribution in [3.63, 3.8) is 0 Å². The first-order valence-corrected chi connectivity index (χ1v) is 8.32. The van der Waals surface area contributed by atoms with Gasteiger partial charge >= 0.3 is 0 Å². The first-order chi connectivity index (χ1) is 13.1. The Balaban J connectivity index is 1.84. The molecule has 0 bridgehead atoms. The minimum Gasteiger partial charge on any atom is -0.486 e. The summed E-state index contributed by atoms with van der Waals surface area (Å²) < 4.78 is 21.9. The van der Waals surface area contributed by atoms with Gasteiger partial charge in [-0.25, -0.2) is 0 Å². The summed E-state index contributed by atoms with van der Waals surface area (Å²) in [6.45, 7) is 7.77. The third-order valence-corrected chi connectivity index (χ3v) is 4.29. The second-order valence-corrected chi connectivity index (χ2v) is 5.95. The van der Waals surface area contributed by atoms with Crippen molar-refractivity contribution in [3.8, 4) is 23.0 Å². The lowest BCUT2D eigenvalue weighted by atomic mass is 9.83. The monoisotopic (exact) mass is 364 g/mol. The van der Waals surface area contributed by atoms with Crippen LogP contribution < -0.4 is 18.9 Å². The molecule has 0 spiro atoms. The van der Waals surface area contributed by atoms with Gasteiger partial charge in [-0.15, -0.1) is 0 Å². The van der Waals surface area contributed by atoms with Gasteiger partial charge in [0.05, 0.1) is 0 Å². The summed E-state index contributed by atoms with van der Waals surface area (Å²) in [7, 11) is 0. The highest BCUT2D eigenvalue weighted by molar-refractivity contribution is 6.29. The molecule has 0 unspecified atom stereocenters. The summed E-state index contributed by atoms with van der Waals surface area (Å²) in [6.07, 6.45) is 3.17. The maximum Gasteiger partial charge on any atom is 0.231 e. The van der Waals surface area contributed by atoms with Crippen molar-refractivity contribution in [2.75, 3.05) is 20.0 Å². The van der Waals surface area contributed by atoms with Crippen molar-refractivity contribution in [2.45, 2.75) is 0 Å². The van der Waals surface area contributed by atoms with Crippen molar-refractivity contribution in [3.05, 3.63) is 71.8 Å². The minimum absolute atomic E-state index is 0.0621. The number of benzene rings is 2. The molecule has 2 aromatic rings. The standard InChI is InChI=1S/C21H16O6/c1-3-5-24-16-7-12-13(8-17(16)25-6-4-2)21(23)15-10-19-18(26-11-27-19)9-14(15)20(12)22/h3-4,7-10H,1-2,5-6,11H2. The molecule has 1 heterocycles. The maximum atomic E-state index is 13.0. The summed E-state index contributed by atoms with van der Waals surface area (Å²) in [4.78, 5) is 26.0. The molecule has 0 N–H and O–H groups in total. The van der Waals surface area contributed by atoms with Gasteiger partial charge in [-0.05, 0) is 24.3 Å². The van der Waals surface area contributed by atoms with Gasteiger partial charge in [-0.2, -0.15) is 0 Å². The van der Waals surface area contributed by atoms with Crippen molar-refractivity contribution < 1.29 is 28.5 Å². The van der Waals surface area contributed by atoms with E-state index in [-0.39, 0.29) is 53.8 Å². The van der Waals surface area contributed by atoms with E-state index < -0.39 is 0 Å². The summed E-state index contributed by atoms with van der Waals surface area (Å²) in [5.41, 5.74) is 1.09. The minimum atomic E-state index is -0.281. The number of carbonyl (C=O) groups excluding carboxylic acids is 2. The Kier molecular flexibility index (Phi) is 4.16. The summed E-state index contributed by atoms with van der Waals surface area (Å²) >= 11 is 0. The molecule has 0 saturated heterocycles. The number of fused-ring (bicyclic) bond motifs is 3. The smallest absolute Gasteiger partial charge is 0.231 e. The van der Waals surface area contributed by atoms with Crippen molar-refractivity contribution in [1.29, 1.82) is 0 Å². The average molecular weight is 364 g/mol. The van der Waals surface area contributed by atoms with Crippen LogP contribution in [0.1, 0.15) is 31.8 Å². The van der Waals surface area contributed by atoms with Crippen LogP contribution >= 0.6 is 0 Å². The first-order valence-electron chi connectivity index (χ1n) is 8.32. The number of ketones is 2. The van der Waals surface area contributed by atoms with Crippen LogP contribution in [0.4, 0.5) is 0 Å². The van der Waals surface area contributed by atoms with Crippen LogP contribution in [0.15, 0.2) is 49.6 Å². The van der Waals surface area contributed by atoms with Gasteiger partial charge in [0.2, 0.25) is 6.79 Å². The van der Waals surface area contributed by atoms with Gasteiger partial charge < -0.3 is 18.9 Å². The zero-order valence-corrected chi connectivity index (χ0v) is 14.4. The molecule has 136 valence electrons. The van der Waals surface area contributed by atoms with Gasteiger partial charge in [0.15, 0.2) is 34.6 Å². The van der Waals surface area contributed by atoms with E-state index in [0.717, 1.165) is 0 Å². The average Bonchev–Trinajstić information content (AvgIpc) is 3.15. The van der Waals surface area contributed by atoms with Crippen LogP contribution in [0, 0.1) is 0 Å².